The summed E-state index contributed by atoms with van der Waals surface area (Å²) in [5, 5.41) is 0.574. The second-order valence-corrected chi connectivity index (χ2v) is 7.73. The zero-order chi connectivity index (χ0) is 19.7. The van der Waals surface area contributed by atoms with E-state index < -0.39 is 0 Å². The average molecular weight is 399 g/mol. The number of furan rings is 1. The van der Waals surface area contributed by atoms with E-state index in [1.807, 2.05) is 25.1 Å². The molecule has 2 aromatic heterocycles. The molecule has 1 aliphatic rings. The molecule has 0 bridgehead atoms. The van der Waals surface area contributed by atoms with Gasteiger partial charge in [0.05, 0.1) is 5.75 Å². The number of hydrogen-bond acceptors (Lipinski definition) is 6. The third-order valence-electron chi connectivity index (χ3n) is 4.75. The van der Waals surface area contributed by atoms with Gasteiger partial charge in [0.15, 0.2) is 11.3 Å². The van der Waals surface area contributed by atoms with Crippen molar-refractivity contribution in [1.29, 1.82) is 0 Å². The molecule has 2 amide bonds. The molecular formula is C20H21N3O4S. The summed E-state index contributed by atoms with van der Waals surface area (Å²) in [5.41, 5.74) is 2.73. The molecule has 0 atom stereocenters. The van der Waals surface area contributed by atoms with Gasteiger partial charge in [-0.05, 0) is 36.8 Å². The molecule has 0 N–H and O–H groups in total. The van der Waals surface area contributed by atoms with E-state index in [0.717, 1.165) is 16.7 Å². The fraction of sp³-hybridized carbons (Fsp3) is 0.350. The molecular weight excluding hydrogens is 378 g/mol. The van der Waals surface area contributed by atoms with Crippen molar-refractivity contribution in [3.8, 4) is 0 Å². The summed E-state index contributed by atoms with van der Waals surface area (Å²) in [5.74, 6) is 1.43. The molecule has 7 nitrogen and oxygen atoms in total. The van der Waals surface area contributed by atoms with E-state index in [4.69, 9.17) is 8.83 Å². The lowest BCUT2D eigenvalue weighted by atomic mass is 10.2. The molecule has 1 saturated heterocycles. The van der Waals surface area contributed by atoms with Gasteiger partial charge >= 0.3 is 0 Å². The highest BCUT2D eigenvalue weighted by Gasteiger charge is 2.25. The molecule has 0 aliphatic carbocycles. The van der Waals surface area contributed by atoms with E-state index in [1.54, 1.807) is 28.9 Å². The largest absolute Gasteiger partial charge is 0.455 e. The fourth-order valence-corrected chi connectivity index (χ4v) is 3.89. The zero-order valence-corrected chi connectivity index (χ0v) is 16.6. The maximum atomic E-state index is 12.6. The molecule has 1 fully saturated rings. The van der Waals surface area contributed by atoms with Crippen LogP contribution in [0, 0.1) is 6.92 Å². The summed E-state index contributed by atoms with van der Waals surface area (Å²) in [6.45, 7) is 5.72. The number of aryl methyl sites for hydroxylation is 1. The van der Waals surface area contributed by atoms with Gasteiger partial charge in [0.1, 0.15) is 11.3 Å². The van der Waals surface area contributed by atoms with Crippen LogP contribution in [0.2, 0.25) is 0 Å². The van der Waals surface area contributed by atoms with E-state index in [0.29, 0.717) is 48.7 Å². The van der Waals surface area contributed by atoms with Crippen LogP contribution in [0.3, 0.4) is 0 Å². The van der Waals surface area contributed by atoms with Crippen LogP contribution < -0.4 is 0 Å². The number of hydrogen-bond donors (Lipinski definition) is 0. The number of oxazole rings is 1. The third kappa shape index (κ3) is 3.91. The molecule has 0 unspecified atom stereocenters. The lowest BCUT2D eigenvalue weighted by Gasteiger charge is -2.33. The smallest absolute Gasteiger partial charge is 0.289 e. The summed E-state index contributed by atoms with van der Waals surface area (Å²) in [6, 6.07) is 9.39. The molecule has 0 radical (unpaired) electrons. The topological polar surface area (TPSA) is 79.8 Å². The first-order valence-corrected chi connectivity index (χ1v) is 10.1. The maximum Gasteiger partial charge on any atom is 0.289 e. The molecule has 8 heteroatoms. The van der Waals surface area contributed by atoms with Crippen molar-refractivity contribution < 1.29 is 18.4 Å². The van der Waals surface area contributed by atoms with Crippen molar-refractivity contribution in [3.63, 3.8) is 0 Å². The normalized spacial score (nSPS) is 14.6. The Hall–Kier alpha value is -2.74. The van der Waals surface area contributed by atoms with Gasteiger partial charge in [-0.25, -0.2) is 4.98 Å². The Balaban J connectivity index is 1.36. The molecule has 28 heavy (non-hydrogen) atoms. The van der Waals surface area contributed by atoms with E-state index >= 15 is 0 Å². The number of fused-ring (bicyclic) bond motifs is 1. The standard InChI is InChI=1S/C20H21N3O4S/c1-13-3-5-17-16(11-13)21-20(27-17)28-12-15-4-6-18(26-15)19(25)23-9-7-22(8-10-23)14(2)24/h3-6,11H,7-10,12H2,1-2H3. The van der Waals surface area contributed by atoms with Gasteiger partial charge in [0.25, 0.3) is 11.1 Å². The number of piperazine rings is 1. The van der Waals surface area contributed by atoms with Crippen LogP contribution in [0.5, 0.6) is 0 Å². The van der Waals surface area contributed by atoms with Crippen molar-refractivity contribution in [2.24, 2.45) is 0 Å². The molecule has 1 aromatic carbocycles. The molecule has 3 aromatic rings. The van der Waals surface area contributed by atoms with E-state index in [1.165, 1.54) is 11.8 Å². The second kappa shape index (κ2) is 7.71. The Morgan fingerprint density at radius 3 is 2.57 bits per heavy atom. The van der Waals surface area contributed by atoms with Gasteiger partial charge in [0.2, 0.25) is 5.91 Å². The summed E-state index contributed by atoms with van der Waals surface area (Å²) < 4.78 is 11.5. The maximum absolute atomic E-state index is 12.6. The highest BCUT2D eigenvalue weighted by atomic mass is 32.2. The Labute approximate surface area is 166 Å². The van der Waals surface area contributed by atoms with Crippen LogP contribution in [-0.2, 0) is 10.5 Å². The number of benzene rings is 1. The third-order valence-corrected chi connectivity index (χ3v) is 5.60. The van der Waals surface area contributed by atoms with Crippen LogP contribution in [0.25, 0.3) is 11.1 Å². The minimum Gasteiger partial charge on any atom is -0.455 e. The zero-order valence-electron chi connectivity index (χ0n) is 15.8. The molecule has 146 valence electrons. The first kappa shape index (κ1) is 18.6. The van der Waals surface area contributed by atoms with E-state index in [9.17, 15) is 9.59 Å². The Morgan fingerprint density at radius 2 is 1.82 bits per heavy atom. The predicted molar refractivity (Wildman–Crippen MR) is 105 cm³/mol. The highest BCUT2D eigenvalue weighted by molar-refractivity contribution is 7.98. The van der Waals surface area contributed by atoms with Crippen LogP contribution in [0.1, 0.15) is 28.8 Å². The monoisotopic (exact) mass is 399 g/mol. The van der Waals surface area contributed by atoms with Crippen LogP contribution in [0.15, 0.2) is 44.4 Å². The van der Waals surface area contributed by atoms with Gasteiger partial charge in [-0.3, -0.25) is 9.59 Å². The summed E-state index contributed by atoms with van der Waals surface area (Å²) >= 11 is 1.43. The van der Waals surface area contributed by atoms with Gasteiger partial charge in [-0.2, -0.15) is 0 Å². The van der Waals surface area contributed by atoms with Crippen molar-refractivity contribution in [2.45, 2.75) is 24.8 Å². The SMILES string of the molecule is CC(=O)N1CCN(C(=O)c2ccc(CSc3nc4cc(C)ccc4o3)o2)CC1. The van der Waals surface area contributed by atoms with Crippen molar-refractivity contribution in [1.82, 2.24) is 14.8 Å². The first-order valence-electron chi connectivity index (χ1n) is 9.13. The number of thioether (sulfide) groups is 1. The van der Waals surface area contributed by atoms with Crippen molar-refractivity contribution >= 4 is 34.7 Å². The lowest BCUT2D eigenvalue weighted by molar-refractivity contribution is -0.130. The Morgan fingerprint density at radius 1 is 1.07 bits per heavy atom. The molecule has 4 rings (SSSR count). The van der Waals surface area contributed by atoms with Crippen LogP contribution in [-0.4, -0.2) is 52.8 Å². The molecule has 0 saturated carbocycles. The van der Waals surface area contributed by atoms with Gasteiger partial charge in [-0.15, -0.1) is 0 Å². The number of rotatable bonds is 4. The lowest BCUT2D eigenvalue weighted by Crippen LogP contribution is -2.50. The Kier molecular flexibility index (Phi) is 5.13. The minimum absolute atomic E-state index is 0.0405. The van der Waals surface area contributed by atoms with Crippen molar-refractivity contribution in [3.05, 3.63) is 47.4 Å². The predicted octanol–water partition coefficient (Wildman–Crippen LogP) is 3.33. The first-order chi connectivity index (χ1) is 13.5. The molecule has 3 heterocycles. The van der Waals surface area contributed by atoms with Gasteiger partial charge in [0, 0.05) is 33.1 Å². The second-order valence-electron chi connectivity index (χ2n) is 6.80. The number of amides is 2. The summed E-state index contributed by atoms with van der Waals surface area (Å²) in [4.78, 5) is 31.9. The van der Waals surface area contributed by atoms with E-state index in [-0.39, 0.29) is 11.8 Å². The van der Waals surface area contributed by atoms with E-state index in [2.05, 4.69) is 4.98 Å². The van der Waals surface area contributed by atoms with Crippen LogP contribution >= 0.6 is 11.8 Å². The Bertz CT molecular complexity index is 1020. The quantitative estimate of drug-likeness (QED) is 0.626. The average Bonchev–Trinajstić information content (AvgIpc) is 3.32. The van der Waals surface area contributed by atoms with Gasteiger partial charge < -0.3 is 18.6 Å². The number of nitrogens with zero attached hydrogens (tertiary/aromatic N) is 3. The van der Waals surface area contributed by atoms with Crippen molar-refractivity contribution in [2.75, 3.05) is 26.2 Å². The minimum atomic E-state index is -0.142. The highest BCUT2D eigenvalue weighted by Crippen LogP contribution is 2.27. The number of carbonyl (C=O) groups excluding carboxylic acids is 2. The molecule has 0 spiro atoms. The summed E-state index contributed by atoms with van der Waals surface area (Å²) in [6.07, 6.45) is 0. The number of carbonyl (C=O) groups is 2. The fourth-order valence-electron chi connectivity index (χ4n) is 3.16. The number of aromatic nitrogens is 1. The molecule has 1 aliphatic heterocycles. The summed E-state index contributed by atoms with van der Waals surface area (Å²) in [7, 11) is 0. The van der Waals surface area contributed by atoms with Gasteiger partial charge in [-0.1, -0.05) is 17.8 Å². The van der Waals surface area contributed by atoms with Crippen LogP contribution in [0.4, 0.5) is 0 Å².